The van der Waals surface area contributed by atoms with Crippen LogP contribution >= 0.6 is 22.6 Å². The molecule has 3 rings (SSSR count). The number of nitrogens with zero attached hydrogens (tertiary/aromatic N) is 1. The fourth-order valence-corrected chi connectivity index (χ4v) is 3.11. The molecule has 0 bridgehead atoms. The van der Waals surface area contributed by atoms with Crippen LogP contribution in [0.2, 0.25) is 0 Å². The summed E-state index contributed by atoms with van der Waals surface area (Å²) in [4.78, 5) is 12.5. The highest BCUT2D eigenvalue weighted by Gasteiger charge is 2.30. The van der Waals surface area contributed by atoms with Gasteiger partial charge in [0.15, 0.2) is 0 Å². The molecule has 1 amide bonds. The third kappa shape index (κ3) is 6.34. The molecule has 0 saturated carbocycles. The van der Waals surface area contributed by atoms with Gasteiger partial charge in [0.2, 0.25) is 0 Å². The van der Waals surface area contributed by atoms with Crippen molar-refractivity contribution in [3.63, 3.8) is 0 Å². The highest BCUT2D eigenvalue weighted by molar-refractivity contribution is 14.1. The van der Waals surface area contributed by atoms with Crippen LogP contribution in [0.1, 0.15) is 16.7 Å². The van der Waals surface area contributed by atoms with Crippen LogP contribution in [-0.2, 0) is 17.6 Å². The lowest BCUT2D eigenvalue weighted by molar-refractivity contribution is -0.137. The van der Waals surface area contributed by atoms with Crippen LogP contribution in [-0.4, -0.2) is 5.91 Å². The Balaban J connectivity index is 1.78. The summed E-state index contributed by atoms with van der Waals surface area (Å²) in [6.45, 7) is 0.292. The lowest BCUT2D eigenvalue weighted by atomic mass is 10.1. The van der Waals surface area contributed by atoms with Crippen molar-refractivity contribution in [3.8, 4) is 11.8 Å². The van der Waals surface area contributed by atoms with E-state index in [0.717, 1.165) is 21.3 Å². The Hall–Kier alpha value is -3.32. The van der Waals surface area contributed by atoms with Crippen LogP contribution < -0.4 is 10.1 Å². The lowest BCUT2D eigenvalue weighted by Crippen LogP contribution is -2.14. The monoisotopic (exact) mass is 548 g/mol. The molecule has 0 atom stereocenters. The van der Waals surface area contributed by atoms with Gasteiger partial charge in [0.25, 0.3) is 5.91 Å². The molecule has 1 N–H and O–H groups in total. The van der Waals surface area contributed by atoms with Gasteiger partial charge in [-0.25, -0.2) is 0 Å². The minimum atomic E-state index is -4.54. The maximum absolute atomic E-state index is 12.9. The number of benzene rings is 3. The predicted molar refractivity (Wildman–Crippen MR) is 124 cm³/mol. The summed E-state index contributed by atoms with van der Waals surface area (Å²) in [7, 11) is 0. The van der Waals surface area contributed by atoms with E-state index in [0.29, 0.717) is 17.9 Å². The van der Waals surface area contributed by atoms with Crippen LogP contribution in [0.4, 0.5) is 18.9 Å². The van der Waals surface area contributed by atoms with Gasteiger partial charge in [0.05, 0.1) is 5.56 Å². The van der Waals surface area contributed by atoms with E-state index in [9.17, 15) is 23.2 Å². The first-order chi connectivity index (χ1) is 15.3. The molecule has 162 valence electrons. The van der Waals surface area contributed by atoms with Crippen LogP contribution in [0.15, 0.2) is 78.4 Å². The average Bonchev–Trinajstić information content (AvgIpc) is 2.77. The first-order valence-corrected chi connectivity index (χ1v) is 10.4. The standard InChI is InChI=1S/C24H16F3IN2O2/c25-24(26,27)19-5-3-6-21(13-19)30-23(31)18(14-29)12-17-4-1-2-7-22(17)32-15-16-8-10-20(28)11-9-16/h1-13H,15H2,(H,30,31)/b18-12-. The summed E-state index contributed by atoms with van der Waals surface area (Å²) < 4.78 is 45.6. The second kappa shape index (κ2) is 10.3. The lowest BCUT2D eigenvalue weighted by Gasteiger charge is -2.11. The molecule has 0 saturated heterocycles. The molecule has 0 fully saturated rings. The fourth-order valence-electron chi connectivity index (χ4n) is 2.75. The molecule has 3 aromatic rings. The van der Waals surface area contributed by atoms with E-state index in [-0.39, 0.29) is 11.3 Å². The molecule has 0 aliphatic heterocycles. The molecular formula is C24H16F3IN2O2. The zero-order valence-corrected chi connectivity index (χ0v) is 18.6. The van der Waals surface area contributed by atoms with Gasteiger partial charge in [0.1, 0.15) is 24.0 Å². The average molecular weight is 548 g/mol. The number of nitrogens with one attached hydrogen (secondary N) is 1. The van der Waals surface area contributed by atoms with Crippen molar-refractivity contribution >= 4 is 40.3 Å². The van der Waals surface area contributed by atoms with Gasteiger partial charge >= 0.3 is 6.18 Å². The molecule has 0 aromatic heterocycles. The summed E-state index contributed by atoms with van der Waals surface area (Å²) in [6.07, 6.45) is -3.20. The Bertz CT molecular complexity index is 1180. The molecule has 32 heavy (non-hydrogen) atoms. The number of para-hydroxylation sites is 1. The molecule has 8 heteroatoms. The van der Waals surface area contributed by atoms with Crippen LogP contribution in [0.5, 0.6) is 5.75 Å². The summed E-state index contributed by atoms with van der Waals surface area (Å²) in [5, 5.41) is 11.8. The summed E-state index contributed by atoms with van der Waals surface area (Å²) in [5.41, 5.74) is 0.217. The number of halogens is 4. The smallest absolute Gasteiger partial charge is 0.416 e. The maximum atomic E-state index is 12.9. The van der Waals surface area contributed by atoms with E-state index in [1.165, 1.54) is 18.2 Å². The van der Waals surface area contributed by atoms with E-state index in [1.54, 1.807) is 30.3 Å². The van der Waals surface area contributed by atoms with Gasteiger partial charge in [-0.3, -0.25) is 4.79 Å². The van der Waals surface area contributed by atoms with Gasteiger partial charge in [-0.2, -0.15) is 18.4 Å². The normalized spacial score (nSPS) is 11.5. The van der Waals surface area contributed by atoms with Gasteiger partial charge in [-0.15, -0.1) is 0 Å². The molecular weight excluding hydrogens is 532 g/mol. The van der Waals surface area contributed by atoms with E-state index in [4.69, 9.17) is 4.74 Å². The van der Waals surface area contributed by atoms with E-state index in [1.807, 2.05) is 24.3 Å². The third-order valence-corrected chi connectivity index (χ3v) is 5.06. The van der Waals surface area contributed by atoms with Crippen molar-refractivity contribution in [1.29, 1.82) is 5.26 Å². The number of hydrogen-bond acceptors (Lipinski definition) is 3. The summed E-state index contributed by atoms with van der Waals surface area (Å²) >= 11 is 2.21. The number of hydrogen-bond donors (Lipinski definition) is 1. The van der Waals surface area contributed by atoms with Gasteiger partial charge in [-0.05, 0) is 70.6 Å². The van der Waals surface area contributed by atoms with Crippen molar-refractivity contribution in [2.24, 2.45) is 0 Å². The molecule has 0 unspecified atom stereocenters. The number of anilines is 1. The third-order valence-electron chi connectivity index (χ3n) is 4.34. The van der Waals surface area contributed by atoms with Crippen molar-refractivity contribution in [2.45, 2.75) is 12.8 Å². The number of carbonyl (C=O) groups excluding carboxylic acids is 1. The summed E-state index contributed by atoms with van der Waals surface area (Å²) in [5.74, 6) is -0.357. The number of ether oxygens (including phenoxy) is 1. The zero-order chi connectivity index (χ0) is 23.1. The number of alkyl halides is 3. The zero-order valence-electron chi connectivity index (χ0n) is 16.5. The van der Waals surface area contributed by atoms with E-state index < -0.39 is 17.6 Å². The molecule has 0 aliphatic carbocycles. The predicted octanol–water partition coefficient (Wildman–Crippen LogP) is 6.43. The number of amides is 1. The Labute approximate surface area is 196 Å². The van der Waals surface area contributed by atoms with Crippen LogP contribution in [0, 0.1) is 14.9 Å². The minimum absolute atomic E-state index is 0.0609. The maximum Gasteiger partial charge on any atom is 0.416 e. The molecule has 0 spiro atoms. The van der Waals surface area contributed by atoms with Gasteiger partial charge in [-0.1, -0.05) is 36.4 Å². The van der Waals surface area contributed by atoms with Crippen molar-refractivity contribution in [3.05, 3.63) is 98.6 Å². The van der Waals surface area contributed by atoms with Crippen molar-refractivity contribution in [1.82, 2.24) is 0 Å². The van der Waals surface area contributed by atoms with E-state index in [2.05, 4.69) is 27.9 Å². The second-order valence-electron chi connectivity index (χ2n) is 6.66. The SMILES string of the molecule is N#C/C(=C/c1ccccc1OCc1ccc(I)cc1)C(=O)Nc1cccc(C(F)(F)F)c1. The van der Waals surface area contributed by atoms with Crippen LogP contribution in [0.3, 0.4) is 0 Å². The van der Waals surface area contributed by atoms with E-state index >= 15 is 0 Å². The first kappa shape index (κ1) is 23.3. The molecule has 4 nitrogen and oxygen atoms in total. The molecule has 0 aliphatic rings. The molecule has 0 heterocycles. The highest BCUT2D eigenvalue weighted by atomic mass is 127. The Morgan fingerprint density at radius 2 is 1.78 bits per heavy atom. The Kier molecular flexibility index (Phi) is 7.53. The van der Waals surface area contributed by atoms with Crippen LogP contribution in [0.25, 0.3) is 6.08 Å². The quantitative estimate of drug-likeness (QED) is 0.219. The highest BCUT2D eigenvalue weighted by Crippen LogP contribution is 2.31. The topological polar surface area (TPSA) is 62.1 Å². The summed E-state index contributed by atoms with van der Waals surface area (Å²) in [6, 6.07) is 20.7. The second-order valence-corrected chi connectivity index (χ2v) is 7.90. The Morgan fingerprint density at radius 1 is 1.06 bits per heavy atom. The Morgan fingerprint density at radius 3 is 2.47 bits per heavy atom. The minimum Gasteiger partial charge on any atom is -0.488 e. The molecule has 3 aromatic carbocycles. The van der Waals surface area contributed by atoms with Crippen molar-refractivity contribution in [2.75, 3.05) is 5.32 Å². The fraction of sp³-hybridized carbons (Fsp3) is 0.0833. The van der Waals surface area contributed by atoms with Crippen molar-refractivity contribution < 1.29 is 22.7 Å². The number of rotatable bonds is 6. The van der Waals surface area contributed by atoms with Gasteiger partial charge < -0.3 is 10.1 Å². The van der Waals surface area contributed by atoms with Gasteiger partial charge in [0, 0.05) is 14.8 Å². The number of carbonyl (C=O) groups is 1. The largest absolute Gasteiger partial charge is 0.488 e. The molecule has 0 radical (unpaired) electrons. The first-order valence-electron chi connectivity index (χ1n) is 9.33. The number of nitriles is 1.